The zero-order valence-electron chi connectivity index (χ0n) is 28.8. The smallest absolute Gasteiger partial charge is 0.164 e. The number of nitrogens with zero attached hydrogens (tertiary/aromatic N) is 3. The van der Waals surface area contributed by atoms with Crippen LogP contribution in [0.2, 0.25) is 0 Å². The molecule has 0 spiro atoms. The van der Waals surface area contributed by atoms with E-state index in [4.69, 9.17) is 30.6 Å². The molecule has 9 rings (SSSR count). The molecule has 0 N–H and O–H groups in total. The highest BCUT2D eigenvalue weighted by Crippen LogP contribution is 2.38. The highest BCUT2D eigenvalue weighted by Gasteiger charge is 2.19. The molecule has 0 aliphatic rings. The summed E-state index contributed by atoms with van der Waals surface area (Å²) in [4.78, 5) is 15.0. The molecule has 0 radical (unpaired) electrons. The van der Waals surface area contributed by atoms with E-state index < -0.39 is 6.04 Å². The molecule has 212 valence electrons. The predicted octanol–water partition coefficient (Wildman–Crippen LogP) is 10.3. The van der Waals surface area contributed by atoms with Gasteiger partial charge in [0.05, 0.1) is 6.85 Å². The van der Waals surface area contributed by atoms with Gasteiger partial charge < -0.3 is 8.83 Å². The summed E-state index contributed by atoms with van der Waals surface area (Å²) in [5, 5.41) is 3.50. The summed E-state index contributed by atoms with van der Waals surface area (Å²) in [6, 6.07) is 33.0. The fourth-order valence-electron chi connectivity index (χ4n) is 6.06. The van der Waals surface area contributed by atoms with E-state index in [1.54, 1.807) is 12.1 Å². The van der Waals surface area contributed by atoms with Crippen LogP contribution in [-0.2, 0) is 6.42 Å². The predicted molar refractivity (Wildman–Crippen MR) is 180 cm³/mol. The lowest BCUT2D eigenvalue weighted by molar-refractivity contribution is 0.668. The van der Waals surface area contributed by atoms with Crippen molar-refractivity contribution in [3.05, 3.63) is 151 Å². The molecule has 0 amide bonds. The zero-order chi connectivity index (χ0) is 34.1. The summed E-state index contributed by atoms with van der Waals surface area (Å²) in [5.74, 6) is 1.57. The Morgan fingerprint density at radius 3 is 2.09 bits per heavy atom. The average Bonchev–Trinajstić information content (AvgIpc) is 3.72. The van der Waals surface area contributed by atoms with Gasteiger partial charge >= 0.3 is 0 Å². The van der Waals surface area contributed by atoms with Crippen molar-refractivity contribution < 1.29 is 15.7 Å². The minimum atomic E-state index is -0.432. The van der Waals surface area contributed by atoms with Gasteiger partial charge in [-0.2, -0.15) is 0 Å². The summed E-state index contributed by atoms with van der Waals surface area (Å²) in [6.07, 6.45) is 0.429. The zero-order valence-corrected chi connectivity index (χ0v) is 23.8. The van der Waals surface area contributed by atoms with Gasteiger partial charge in [-0.25, -0.2) is 15.0 Å². The molecule has 5 heteroatoms. The van der Waals surface area contributed by atoms with Crippen molar-refractivity contribution in [1.82, 2.24) is 15.0 Å². The molecule has 0 saturated heterocycles. The Balaban J connectivity index is 1.25. The Morgan fingerprint density at radius 2 is 1.22 bits per heavy atom. The standard InChI is InChI=1S/C40H25N3O2/c1-3-11-25(12-4-1)27-21-22-33-31(23-27)38-30(17-10-20-35(38)45-33)40-42-36(41-39(43-40)26-13-5-2-6-14-26)24-28-15-9-19-34-37(28)29-16-7-8-18-32(29)44-34/h1-23H,24H2/i1D,3D,4D,11D,12D. The van der Waals surface area contributed by atoms with Crippen LogP contribution < -0.4 is 0 Å². The quantitative estimate of drug-likeness (QED) is 0.201. The average molecular weight is 585 g/mol. The normalized spacial score (nSPS) is 13.2. The van der Waals surface area contributed by atoms with Crippen LogP contribution in [0, 0.1) is 0 Å². The van der Waals surface area contributed by atoms with Crippen LogP contribution in [-0.4, -0.2) is 15.0 Å². The van der Waals surface area contributed by atoms with Crippen molar-refractivity contribution >= 4 is 43.9 Å². The number of fused-ring (bicyclic) bond motifs is 6. The first-order valence-corrected chi connectivity index (χ1v) is 14.6. The lowest BCUT2D eigenvalue weighted by Gasteiger charge is -2.10. The van der Waals surface area contributed by atoms with Gasteiger partial charge in [0.1, 0.15) is 28.2 Å². The number of para-hydroxylation sites is 1. The molecule has 0 unspecified atom stereocenters. The Kier molecular flexibility index (Phi) is 4.75. The Bertz CT molecular complexity index is 2780. The maximum absolute atomic E-state index is 8.56. The largest absolute Gasteiger partial charge is 0.456 e. The van der Waals surface area contributed by atoms with Gasteiger partial charge in [0.2, 0.25) is 0 Å². The van der Waals surface area contributed by atoms with Crippen LogP contribution >= 0.6 is 0 Å². The molecule has 0 aliphatic carbocycles. The second-order valence-corrected chi connectivity index (χ2v) is 10.8. The number of hydrogen-bond acceptors (Lipinski definition) is 5. The number of benzene rings is 6. The first-order chi connectivity index (χ1) is 24.4. The van der Waals surface area contributed by atoms with Gasteiger partial charge in [0.25, 0.3) is 0 Å². The summed E-state index contributed by atoms with van der Waals surface area (Å²) < 4.78 is 54.0. The fraction of sp³-hybridized carbons (Fsp3) is 0.0250. The summed E-state index contributed by atoms with van der Waals surface area (Å²) in [7, 11) is 0. The molecule has 0 bridgehead atoms. The molecular formula is C40H25N3O2. The third-order valence-corrected chi connectivity index (χ3v) is 8.08. The Labute approximate surface area is 265 Å². The van der Waals surface area contributed by atoms with Gasteiger partial charge in [-0.15, -0.1) is 0 Å². The Hall–Kier alpha value is -6.07. The highest BCUT2D eigenvalue weighted by atomic mass is 16.3. The highest BCUT2D eigenvalue weighted by molar-refractivity contribution is 6.12. The first kappa shape index (κ1) is 20.8. The van der Waals surface area contributed by atoms with E-state index in [2.05, 4.69) is 12.1 Å². The van der Waals surface area contributed by atoms with Crippen molar-refractivity contribution in [2.24, 2.45) is 0 Å². The summed E-state index contributed by atoms with van der Waals surface area (Å²) in [5.41, 5.74) is 5.99. The van der Waals surface area contributed by atoms with Crippen LogP contribution in [0.5, 0.6) is 0 Å². The van der Waals surface area contributed by atoms with E-state index in [1.807, 2.05) is 84.9 Å². The number of rotatable bonds is 5. The van der Waals surface area contributed by atoms with Gasteiger partial charge in [0.15, 0.2) is 11.6 Å². The molecule has 0 fully saturated rings. The van der Waals surface area contributed by atoms with Gasteiger partial charge in [-0.3, -0.25) is 0 Å². The lowest BCUT2D eigenvalue weighted by Crippen LogP contribution is -2.04. The monoisotopic (exact) mass is 584 g/mol. The molecule has 3 heterocycles. The maximum atomic E-state index is 8.56. The Morgan fingerprint density at radius 1 is 0.511 bits per heavy atom. The summed E-state index contributed by atoms with van der Waals surface area (Å²) >= 11 is 0. The van der Waals surface area contributed by atoms with E-state index in [9.17, 15) is 0 Å². The lowest BCUT2D eigenvalue weighted by atomic mass is 10.0. The SMILES string of the molecule is [2H]c1c([2H])c([2H])c(-c2ccc3oc4cccc(-c5nc(Cc6cccc7oc8ccccc8c67)nc(-c6ccccc6)n5)c4c3c2)c([2H])c1[2H]. The molecule has 9 aromatic rings. The molecule has 0 atom stereocenters. The number of aromatic nitrogens is 3. The molecule has 3 aromatic heterocycles. The van der Waals surface area contributed by atoms with E-state index in [1.165, 1.54) is 0 Å². The van der Waals surface area contributed by atoms with Crippen molar-refractivity contribution in [2.75, 3.05) is 0 Å². The van der Waals surface area contributed by atoms with E-state index >= 15 is 0 Å². The minimum absolute atomic E-state index is 0.125. The number of hydrogen-bond donors (Lipinski definition) is 0. The van der Waals surface area contributed by atoms with E-state index in [0.717, 1.165) is 38.5 Å². The van der Waals surface area contributed by atoms with Crippen molar-refractivity contribution in [2.45, 2.75) is 6.42 Å². The maximum Gasteiger partial charge on any atom is 0.164 e. The second kappa shape index (κ2) is 10.3. The molecule has 5 nitrogen and oxygen atoms in total. The minimum Gasteiger partial charge on any atom is -0.456 e. The molecule has 0 saturated carbocycles. The van der Waals surface area contributed by atoms with Crippen LogP contribution in [0.3, 0.4) is 0 Å². The van der Waals surface area contributed by atoms with E-state index in [-0.39, 0.29) is 29.7 Å². The molecular weight excluding hydrogens is 554 g/mol. The van der Waals surface area contributed by atoms with Crippen LogP contribution in [0.4, 0.5) is 0 Å². The van der Waals surface area contributed by atoms with Crippen molar-refractivity contribution in [1.29, 1.82) is 0 Å². The number of furan rings is 2. The van der Waals surface area contributed by atoms with Gasteiger partial charge in [0, 0.05) is 39.1 Å². The van der Waals surface area contributed by atoms with Crippen molar-refractivity contribution in [3.63, 3.8) is 0 Å². The van der Waals surface area contributed by atoms with Crippen LogP contribution in [0.1, 0.15) is 18.2 Å². The van der Waals surface area contributed by atoms with Gasteiger partial charge in [-0.05, 0) is 47.0 Å². The van der Waals surface area contributed by atoms with Crippen LogP contribution in [0.25, 0.3) is 77.8 Å². The third kappa shape index (κ3) is 4.36. The molecule has 6 aromatic carbocycles. The molecule has 45 heavy (non-hydrogen) atoms. The topological polar surface area (TPSA) is 65.0 Å². The van der Waals surface area contributed by atoms with Gasteiger partial charge in [-0.1, -0.05) is 109 Å². The molecule has 0 aliphatic heterocycles. The third-order valence-electron chi connectivity index (χ3n) is 8.08. The first-order valence-electron chi connectivity index (χ1n) is 17.1. The van der Waals surface area contributed by atoms with Crippen LogP contribution in [0.15, 0.2) is 148 Å². The second-order valence-electron chi connectivity index (χ2n) is 10.8. The van der Waals surface area contributed by atoms with Crippen molar-refractivity contribution in [3.8, 4) is 33.9 Å². The van der Waals surface area contributed by atoms with E-state index in [0.29, 0.717) is 51.6 Å². The summed E-state index contributed by atoms with van der Waals surface area (Å²) in [6.45, 7) is 0. The fourth-order valence-corrected chi connectivity index (χ4v) is 6.06.